The lowest BCUT2D eigenvalue weighted by molar-refractivity contribution is 0.328. The second-order valence-corrected chi connectivity index (χ2v) is 8.85. The topological polar surface area (TPSA) is 65.2 Å². The SMILES string of the molecule is CCCN(C)Cc1ccccc1-c1ccc(-n2cnc3ncn(-c4ccc(OC)cc4)c3c2=O)cc1. The second kappa shape index (κ2) is 10.2. The first-order chi connectivity index (χ1) is 17.6. The molecule has 0 spiro atoms. The molecule has 0 fully saturated rings. The average molecular weight is 480 g/mol. The first-order valence-electron chi connectivity index (χ1n) is 12.1. The van der Waals surface area contributed by atoms with Gasteiger partial charge in [0.15, 0.2) is 11.2 Å². The summed E-state index contributed by atoms with van der Waals surface area (Å²) in [5.41, 5.74) is 5.82. The summed E-state index contributed by atoms with van der Waals surface area (Å²) >= 11 is 0. The summed E-state index contributed by atoms with van der Waals surface area (Å²) in [7, 11) is 3.77. The number of ether oxygens (including phenoxy) is 1. The normalized spacial score (nSPS) is 11.3. The quantitative estimate of drug-likeness (QED) is 0.310. The fraction of sp³-hybridized carbons (Fsp3) is 0.207. The third kappa shape index (κ3) is 4.53. The van der Waals surface area contributed by atoms with E-state index in [1.807, 2.05) is 36.4 Å². The molecule has 0 bridgehead atoms. The Labute approximate surface area is 210 Å². The van der Waals surface area contributed by atoms with Crippen LogP contribution in [-0.4, -0.2) is 44.7 Å². The van der Waals surface area contributed by atoms with Crippen molar-refractivity contribution in [2.45, 2.75) is 19.9 Å². The van der Waals surface area contributed by atoms with Gasteiger partial charge in [0.1, 0.15) is 18.4 Å². The molecule has 0 aliphatic heterocycles. The van der Waals surface area contributed by atoms with E-state index < -0.39 is 0 Å². The van der Waals surface area contributed by atoms with Crippen LogP contribution in [-0.2, 0) is 6.54 Å². The summed E-state index contributed by atoms with van der Waals surface area (Å²) in [6.07, 6.45) is 4.29. The molecule has 0 atom stereocenters. The van der Waals surface area contributed by atoms with Crippen molar-refractivity contribution in [3.8, 4) is 28.3 Å². The van der Waals surface area contributed by atoms with Crippen LogP contribution in [0.2, 0.25) is 0 Å². The van der Waals surface area contributed by atoms with Gasteiger partial charge < -0.3 is 9.64 Å². The highest BCUT2D eigenvalue weighted by Gasteiger charge is 2.14. The predicted molar refractivity (Wildman–Crippen MR) is 143 cm³/mol. The molecule has 0 aliphatic rings. The molecule has 5 rings (SSSR count). The summed E-state index contributed by atoms with van der Waals surface area (Å²) in [6.45, 7) is 4.14. The van der Waals surface area contributed by atoms with Gasteiger partial charge in [-0.2, -0.15) is 0 Å². The van der Waals surface area contributed by atoms with Gasteiger partial charge in [-0.3, -0.25) is 13.9 Å². The Morgan fingerprint density at radius 3 is 2.19 bits per heavy atom. The molecule has 0 aliphatic carbocycles. The maximum absolute atomic E-state index is 13.5. The molecule has 0 amide bonds. The molecular formula is C29H29N5O2. The van der Waals surface area contributed by atoms with Crippen LogP contribution in [0.5, 0.6) is 5.75 Å². The van der Waals surface area contributed by atoms with Gasteiger partial charge in [0.25, 0.3) is 5.56 Å². The Kier molecular flexibility index (Phi) is 6.64. The predicted octanol–water partition coefficient (Wildman–Crippen LogP) is 5.09. The van der Waals surface area contributed by atoms with E-state index in [2.05, 4.69) is 65.2 Å². The molecule has 0 unspecified atom stereocenters. The number of hydrogen-bond acceptors (Lipinski definition) is 5. The number of hydrogen-bond donors (Lipinski definition) is 0. The van der Waals surface area contributed by atoms with Gasteiger partial charge in [-0.15, -0.1) is 0 Å². The van der Waals surface area contributed by atoms with Gasteiger partial charge in [-0.05, 0) is 73.1 Å². The van der Waals surface area contributed by atoms with Crippen molar-refractivity contribution in [3.63, 3.8) is 0 Å². The van der Waals surface area contributed by atoms with E-state index in [0.29, 0.717) is 11.2 Å². The minimum atomic E-state index is -0.178. The zero-order valence-corrected chi connectivity index (χ0v) is 20.8. The number of methoxy groups -OCH3 is 1. The maximum Gasteiger partial charge on any atom is 0.284 e. The largest absolute Gasteiger partial charge is 0.497 e. The van der Waals surface area contributed by atoms with Crippen LogP contribution in [0.15, 0.2) is 90.2 Å². The van der Waals surface area contributed by atoms with Crippen molar-refractivity contribution in [1.29, 1.82) is 0 Å². The first-order valence-corrected chi connectivity index (χ1v) is 12.1. The monoisotopic (exact) mass is 479 g/mol. The van der Waals surface area contributed by atoms with Crippen LogP contribution in [0, 0.1) is 0 Å². The Hall–Kier alpha value is -4.23. The summed E-state index contributed by atoms with van der Waals surface area (Å²) in [4.78, 5) is 24.6. The van der Waals surface area contributed by atoms with Gasteiger partial charge in [-0.1, -0.05) is 43.3 Å². The van der Waals surface area contributed by atoms with Gasteiger partial charge in [0, 0.05) is 12.2 Å². The Morgan fingerprint density at radius 1 is 0.861 bits per heavy atom. The molecule has 182 valence electrons. The number of fused-ring (bicyclic) bond motifs is 1. The number of nitrogens with zero attached hydrogens (tertiary/aromatic N) is 5. The van der Waals surface area contributed by atoms with Gasteiger partial charge >= 0.3 is 0 Å². The van der Waals surface area contributed by atoms with Crippen LogP contribution in [0.25, 0.3) is 33.7 Å². The van der Waals surface area contributed by atoms with Gasteiger partial charge in [-0.25, -0.2) is 9.97 Å². The number of benzene rings is 3. The zero-order valence-electron chi connectivity index (χ0n) is 20.8. The van der Waals surface area contributed by atoms with E-state index in [4.69, 9.17) is 4.74 Å². The summed E-state index contributed by atoms with van der Waals surface area (Å²) in [5.74, 6) is 0.748. The second-order valence-electron chi connectivity index (χ2n) is 8.85. The highest BCUT2D eigenvalue weighted by Crippen LogP contribution is 2.26. The molecule has 5 aromatic rings. The summed E-state index contributed by atoms with van der Waals surface area (Å²) in [5, 5.41) is 0. The minimum Gasteiger partial charge on any atom is -0.497 e. The van der Waals surface area contributed by atoms with Crippen LogP contribution < -0.4 is 10.3 Å². The smallest absolute Gasteiger partial charge is 0.284 e. The molecule has 0 saturated heterocycles. The zero-order chi connectivity index (χ0) is 25.1. The molecule has 36 heavy (non-hydrogen) atoms. The average Bonchev–Trinajstić information content (AvgIpc) is 3.35. The molecule has 0 saturated carbocycles. The fourth-order valence-corrected chi connectivity index (χ4v) is 4.53. The lowest BCUT2D eigenvalue weighted by atomic mass is 9.99. The molecule has 0 radical (unpaired) electrons. The highest BCUT2D eigenvalue weighted by atomic mass is 16.5. The van der Waals surface area contributed by atoms with Crippen molar-refractivity contribution in [2.75, 3.05) is 20.7 Å². The van der Waals surface area contributed by atoms with Crippen molar-refractivity contribution in [2.24, 2.45) is 0 Å². The molecule has 7 nitrogen and oxygen atoms in total. The van der Waals surface area contributed by atoms with E-state index in [1.165, 1.54) is 11.1 Å². The molecule has 3 aromatic carbocycles. The van der Waals surface area contributed by atoms with Gasteiger partial charge in [0.05, 0.1) is 12.8 Å². The number of aromatic nitrogens is 4. The third-order valence-corrected chi connectivity index (χ3v) is 6.34. The Morgan fingerprint density at radius 2 is 1.50 bits per heavy atom. The third-order valence-electron chi connectivity index (χ3n) is 6.34. The van der Waals surface area contributed by atoms with E-state index >= 15 is 0 Å². The van der Waals surface area contributed by atoms with Crippen molar-refractivity contribution in [1.82, 2.24) is 24.0 Å². The number of rotatable bonds is 8. The minimum absolute atomic E-state index is 0.178. The lowest BCUT2D eigenvalue weighted by Crippen LogP contribution is -2.20. The summed E-state index contributed by atoms with van der Waals surface area (Å²) in [6, 6.07) is 24.0. The first kappa shape index (κ1) is 23.5. The molecule has 0 N–H and O–H groups in total. The Balaban J connectivity index is 1.50. The lowest BCUT2D eigenvalue weighted by Gasteiger charge is -2.18. The van der Waals surface area contributed by atoms with Crippen molar-refractivity contribution in [3.05, 3.63) is 101 Å². The van der Waals surface area contributed by atoms with Gasteiger partial charge in [0.2, 0.25) is 0 Å². The van der Waals surface area contributed by atoms with Crippen LogP contribution >= 0.6 is 0 Å². The van der Waals surface area contributed by atoms with E-state index in [1.54, 1.807) is 28.9 Å². The van der Waals surface area contributed by atoms with Crippen LogP contribution in [0.4, 0.5) is 0 Å². The van der Waals surface area contributed by atoms with Crippen LogP contribution in [0.3, 0.4) is 0 Å². The molecule has 2 heterocycles. The van der Waals surface area contributed by atoms with Crippen molar-refractivity contribution < 1.29 is 4.74 Å². The Bertz CT molecular complexity index is 1540. The molecule has 2 aromatic heterocycles. The fourth-order valence-electron chi connectivity index (χ4n) is 4.53. The highest BCUT2D eigenvalue weighted by molar-refractivity contribution is 5.73. The van der Waals surface area contributed by atoms with E-state index in [-0.39, 0.29) is 5.56 Å². The van der Waals surface area contributed by atoms with E-state index in [0.717, 1.165) is 42.2 Å². The number of imidazole rings is 1. The van der Waals surface area contributed by atoms with Crippen LogP contribution in [0.1, 0.15) is 18.9 Å². The maximum atomic E-state index is 13.5. The van der Waals surface area contributed by atoms with Crippen molar-refractivity contribution >= 4 is 11.2 Å². The summed E-state index contributed by atoms with van der Waals surface area (Å²) < 4.78 is 8.57. The molecular weight excluding hydrogens is 450 g/mol. The standard InChI is InChI=1S/C29H29N5O2/c1-4-17-32(2)18-22-7-5-6-8-26(22)21-9-11-24(12-10-21)34-20-31-28-27(29(34)35)33(19-30-28)23-13-15-25(36-3)16-14-23/h5-16,19-20H,4,17-18H2,1-3H3. The molecule has 7 heteroatoms. The van der Waals surface area contributed by atoms with E-state index in [9.17, 15) is 4.79 Å².